The second-order valence-corrected chi connectivity index (χ2v) is 6.21. The fourth-order valence-electron chi connectivity index (χ4n) is 2.29. The van der Waals surface area contributed by atoms with Gasteiger partial charge in [0, 0.05) is 11.4 Å². The highest BCUT2D eigenvalue weighted by atomic mass is 35.5. The van der Waals surface area contributed by atoms with E-state index in [1.807, 2.05) is 43.3 Å². The molecule has 1 amide bonds. The summed E-state index contributed by atoms with van der Waals surface area (Å²) in [5.74, 6) is 1.61. The average molecular weight is 362 g/mol. The number of aryl methyl sites for hydroxylation is 1. The molecule has 2 aromatic rings. The Morgan fingerprint density at radius 1 is 1.00 bits per heavy atom. The third kappa shape index (κ3) is 7.94. The number of halogens is 1. The number of benzene rings is 2. The zero-order chi connectivity index (χ0) is 17.9. The molecule has 0 aliphatic heterocycles. The third-order valence-electron chi connectivity index (χ3n) is 3.55. The molecule has 0 heterocycles. The van der Waals surface area contributed by atoms with Crippen molar-refractivity contribution in [1.82, 2.24) is 5.32 Å². The van der Waals surface area contributed by atoms with Gasteiger partial charge in [-0.25, -0.2) is 0 Å². The van der Waals surface area contributed by atoms with Gasteiger partial charge in [0.05, 0.1) is 13.2 Å². The fraction of sp³-hybridized carbons (Fsp3) is 0.350. The Morgan fingerprint density at radius 2 is 1.72 bits per heavy atom. The molecule has 0 saturated heterocycles. The van der Waals surface area contributed by atoms with E-state index in [1.165, 1.54) is 5.56 Å². The lowest BCUT2D eigenvalue weighted by Gasteiger charge is -2.09. The first-order valence-electron chi connectivity index (χ1n) is 8.48. The molecule has 0 radical (unpaired) electrons. The summed E-state index contributed by atoms with van der Waals surface area (Å²) in [6.07, 6.45) is 2.14. The summed E-state index contributed by atoms with van der Waals surface area (Å²) >= 11 is 5.88. The van der Waals surface area contributed by atoms with Crippen LogP contribution >= 0.6 is 11.6 Å². The summed E-state index contributed by atoms with van der Waals surface area (Å²) in [6.45, 7) is 3.55. The van der Waals surface area contributed by atoms with E-state index in [2.05, 4.69) is 5.32 Å². The van der Waals surface area contributed by atoms with Gasteiger partial charge in [0.25, 0.3) is 0 Å². The van der Waals surface area contributed by atoms with Crippen LogP contribution in [0.15, 0.2) is 48.5 Å². The van der Waals surface area contributed by atoms with Crippen LogP contribution in [-0.4, -0.2) is 25.7 Å². The van der Waals surface area contributed by atoms with Gasteiger partial charge in [0.1, 0.15) is 18.1 Å². The van der Waals surface area contributed by atoms with Crippen molar-refractivity contribution in [3.05, 3.63) is 59.1 Å². The van der Waals surface area contributed by atoms with Gasteiger partial charge in [-0.1, -0.05) is 29.8 Å². The molecule has 0 aliphatic carbocycles. The van der Waals surface area contributed by atoms with Crippen LogP contribution in [0.4, 0.5) is 0 Å². The van der Waals surface area contributed by atoms with Gasteiger partial charge in [-0.3, -0.25) is 4.79 Å². The zero-order valence-corrected chi connectivity index (χ0v) is 15.2. The van der Waals surface area contributed by atoms with Crippen molar-refractivity contribution in [3.8, 4) is 11.5 Å². The normalized spacial score (nSPS) is 10.3. The molecule has 0 aromatic heterocycles. The number of rotatable bonds is 10. The molecule has 5 heteroatoms. The Hall–Kier alpha value is -2.20. The minimum absolute atomic E-state index is 0.0326. The van der Waals surface area contributed by atoms with E-state index in [0.29, 0.717) is 37.0 Å². The van der Waals surface area contributed by atoms with Gasteiger partial charge < -0.3 is 14.8 Å². The van der Waals surface area contributed by atoms with Crippen LogP contribution in [0.5, 0.6) is 11.5 Å². The molecule has 0 fully saturated rings. The summed E-state index contributed by atoms with van der Waals surface area (Å²) in [6, 6.07) is 15.2. The van der Waals surface area contributed by atoms with Gasteiger partial charge in [-0.15, -0.1) is 0 Å². The molecule has 4 nitrogen and oxygen atoms in total. The minimum Gasteiger partial charge on any atom is -0.494 e. The summed E-state index contributed by atoms with van der Waals surface area (Å²) in [5.41, 5.74) is 1.18. The molecule has 134 valence electrons. The molecule has 0 aliphatic rings. The Labute approximate surface area is 154 Å². The smallest absolute Gasteiger partial charge is 0.220 e. The quantitative estimate of drug-likeness (QED) is 0.638. The fourth-order valence-corrected chi connectivity index (χ4v) is 2.47. The molecule has 25 heavy (non-hydrogen) atoms. The monoisotopic (exact) mass is 361 g/mol. The van der Waals surface area contributed by atoms with Crippen molar-refractivity contribution >= 4 is 17.5 Å². The van der Waals surface area contributed by atoms with E-state index in [0.717, 1.165) is 18.6 Å². The van der Waals surface area contributed by atoms with E-state index in [9.17, 15) is 4.79 Å². The van der Waals surface area contributed by atoms with E-state index in [-0.39, 0.29) is 5.91 Å². The second-order valence-electron chi connectivity index (χ2n) is 5.78. The lowest BCUT2D eigenvalue weighted by atomic mass is 10.2. The van der Waals surface area contributed by atoms with Crippen LogP contribution in [-0.2, 0) is 4.79 Å². The van der Waals surface area contributed by atoms with E-state index in [4.69, 9.17) is 21.1 Å². The van der Waals surface area contributed by atoms with Gasteiger partial charge in [0.2, 0.25) is 5.91 Å². The number of unbranched alkanes of at least 4 members (excludes halogenated alkanes) is 1. The maximum absolute atomic E-state index is 11.8. The Kier molecular flexibility index (Phi) is 8.13. The van der Waals surface area contributed by atoms with E-state index in [1.54, 1.807) is 12.1 Å². The van der Waals surface area contributed by atoms with Crippen molar-refractivity contribution in [2.24, 2.45) is 0 Å². The van der Waals surface area contributed by atoms with Gasteiger partial charge in [0.15, 0.2) is 0 Å². The van der Waals surface area contributed by atoms with Gasteiger partial charge in [-0.05, 0) is 55.7 Å². The molecule has 1 N–H and O–H groups in total. The molecule has 0 bridgehead atoms. The number of amides is 1. The lowest BCUT2D eigenvalue weighted by Crippen LogP contribution is -2.27. The van der Waals surface area contributed by atoms with Crippen molar-refractivity contribution in [3.63, 3.8) is 0 Å². The molecular weight excluding hydrogens is 338 g/mol. The highest BCUT2D eigenvalue weighted by Gasteiger charge is 2.02. The predicted octanol–water partition coefficient (Wildman–Crippen LogP) is 4.39. The molecule has 0 spiro atoms. The maximum Gasteiger partial charge on any atom is 0.220 e. The minimum atomic E-state index is 0.0326. The first-order valence-corrected chi connectivity index (χ1v) is 8.86. The van der Waals surface area contributed by atoms with Crippen LogP contribution in [0.3, 0.4) is 0 Å². The molecule has 0 atom stereocenters. The van der Waals surface area contributed by atoms with E-state index >= 15 is 0 Å². The maximum atomic E-state index is 11.8. The second kappa shape index (κ2) is 10.6. The van der Waals surface area contributed by atoms with Crippen LogP contribution < -0.4 is 14.8 Å². The van der Waals surface area contributed by atoms with Gasteiger partial charge in [-0.2, -0.15) is 0 Å². The van der Waals surface area contributed by atoms with Crippen LogP contribution in [0, 0.1) is 6.92 Å². The number of hydrogen-bond acceptors (Lipinski definition) is 3. The summed E-state index contributed by atoms with van der Waals surface area (Å²) in [4.78, 5) is 11.8. The number of ether oxygens (including phenoxy) is 2. The van der Waals surface area contributed by atoms with Crippen molar-refractivity contribution in [2.45, 2.75) is 26.2 Å². The highest BCUT2D eigenvalue weighted by molar-refractivity contribution is 6.30. The summed E-state index contributed by atoms with van der Waals surface area (Å²) < 4.78 is 11.2. The Balaban J connectivity index is 1.49. The molecular formula is C20H24ClNO3. The number of nitrogens with one attached hydrogen (secondary N) is 1. The van der Waals surface area contributed by atoms with Crippen LogP contribution in [0.25, 0.3) is 0 Å². The highest BCUT2D eigenvalue weighted by Crippen LogP contribution is 2.16. The summed E-state index contributed by atoms with van der Waals surface area (Å²) in [7, 11) is 0. The molecule has 0 saturated carbocycles. The van der Waals surface area contributed by atoms with Crippen LogP contribution in [0.1, 0.15) is 24.8 Å². The third-order valence-corrected chi connectivity index (χ3v) is 3.78. The van der Waals surface area contributed by atoms with Crippen molar-refractivity contribution in [2.75, 3.05) is 19.8 Å². The summed E-state index contributed by atoms with van der Waals surface area (Å²) in [5, 5.41) is 3.48. The van der Waals surface area contributed by atoms with Crippen LogP contribution in [0.2, 0.25) is 5.02 Å². The first-order chi connectivity index (χ1) is 12.1. The SMILES string of the molecule is Cc1cccc(OCCCCC(=O)NCCOc2cccc(Cl)c2)c1. The Bertz CT molecular complexity index is 675. The number of hydrogen-bond donors (Lipinski definition) is 1. The Morgan fingerprint density at radius 3 is 2.48 bits per heavy atom. The van der Waals surface area contributed by atoms with E-state index < -0.39 is 0 Å². The predicted molar refractivity (Wildman–Crippen MR) is 100 cm³/mol. The lowest BCUT2D eigenvalue weighted by molar-refractivity contribution is -0.121. The number of carbonyl (C=O) groups is 1. The molecule has 0 unspecified atom stereocenters. The average Bonchev–Trinajstić information content (AvgIpc) is 2.59. The molecule has 2 rings (SSSR count). The van der Waals surface area contributed by atoms with Gasteiger partial charge >= 0.3 is 0 Å². The van der Waals surface area contributed by atoms with Crippen molar-refractivity contribution < 1.29 is 14.3 Å². The number of carbonyl (C=O) groups excluding carboxylic acids is 1. The first kappa shape index (κ1) is 19.1. The molecule has 2 aromatic carbocycles. The largest absolute Gasteiger partial charge is 0.494 e. The zero-order valence-electron chi connectivity index (χ0n) is 14.5. The topological polar surface area (TPSA) is 47.6 Å². The standard InChI is InChI=1S/C20H24ClNO3/c1-16-6-4-8-18(14-16)24-12-3-2-10-20(23)22-11-13-25-19-9-5-7-17(21)15-19/h4-9,14-15H,2-3,10-13H2,1H3,(H,22,23). The van der Waals surface area contributed by atoms with Crippen molar-refractivity contribution in [1.29, 1.82) is 0 Å².